The highest BCUT2D eigenvalue weighted by Crippen LogP contribution is 2.46. The number of halogens is 1. The second-order valence-electron chi connectivity index (χ2n) is 13.9. The maximum Gasteiger partial charge on any atom is 0.352 e. The third-order valence-corrected chi connectivity index (χ3v) is 12.6. The topological polar surface area (TPSA) is 254 Å². The van der Waals surface area contributed by atoms with Crippen molar-refractivity contribution < 1.29 is 53.7 Å². The Morgan fingerprint density at radius 2 is 1.85 bits per heavy atom. The minimum Gasteiger partial charge on any atom is -0.504 e. The molecule has 52 heavy (non-hydrogen) atoms. The van der Waals surface area contributed by atoms with Crippen LogP contribution in [0.1, 0.15) is 49.2 Å². The van der Waals surface area contributed by atoms with E-state index >= 15 is 0 Å². The number of piperidine rings is 3. The van der Waals surface area contributed by atoms with Gasteiger partial charge in [-0.3, -0.25) is 19.3 Å². The molecule has 1 aromatic heterocycles. The van der Waals surface area contributed by atoms with Crippen LogP contribution < -0.4 is 16.4 Å². The molecule has 17 nitrogen and oxygen atoms in total. The van der Waals surface area contributed by atoms with Crippen LogP contribution in [-0.4, -0.2) is 126 Å². The minimum absolute atomic E-state index is 0.0138. The predicted octanol–water partition coefficient (Wildman–Crippen LogP) is 1.54. The van der Waals surface area contributed by atoms with Crippen LogP contribution in [0.4, 0.5) is 5.13 Å². The lowest BCUT2D eigenvalue weighted by molar-refractivity contribution is -0.941. The lowest BCUT2D eigenvalue weighted by Gasteiger charge is -2.56. The highest BCUT2D eigenvalue weighted by Gasteiger charge is 2.56. The average Bonchev–Trinajstić information content (AvgIpc) is 3.54. The van der Waals surface area contributed by atoms with Gasteiger partial charge in [0.2, 0.25) is 5.60 Å². The number of benzene rings is 1. The third kappa shape index (κ3) is 6.84. The Morgan fingerprint density at radius 3 is 2.44 bits per heavy atom. The molecule has 1 aromatic carbocycles. The largest absolute Gasteiger partial charge is 0.504 e. The van der Waals surface area contributed by atoms with Gasteiger partial charge in [0.15, 0.2) is 22.3 Å². The van der Waals surface area contributed by atoms with Crippen molar-refractivity contribution in [2.24, 2.45) is 10.6 Å². The van der Waals surface area contributed by atoms with Gasteiger partial charge in [-0.15, -0.1) is 23.1 Å². The number of nitrogens with one attached hydrogen (secondary N) is 2. The normalized spacial score (nSPS) is 25.6. The van der Waals surface area contributed by atoms with Gasteiger partial charge >= 0.3 is 11.9 Å². The van der Waals surface area contributed by atoms with E-state index in [1.807, 2.05) is 0 Å². The Hall–Kier alpha value is -4.59. The van der Waals surface area contributed by atoms with E-state index in [-0.39, 0.29) is 32.5 Å². The number of carbonyl (C=O) groups is 5. The van der Waals surface area contributed by atoms with Crippen molar-refractivity contribution in [3.63, 3.8) is 0 Å². The van der Waals surface area contributed by atoms with E-state index in [1.54, 1.807) is 0 Å². The lowest BCUT2D eigenvalue weighted by Crippen LogP contribution is -2.71. The van der Waals surface area contributed by atoms with Gasteiger partial charge in [-0.1, -0.05) is 16.8 Å². The van der Waals surface area contributed by atoms with Gasteiger partial charge in [-0.05, 0) is 26.0 Å². The predicted molar refractivity (Wildman–Crippen MR) is 189 cm³/mol. The fourth-order valence-electron chi connectivity index (χ4n) is 6.95. The molecule has 0 radical (unpaired) electrons. The first-order chi connectivity index (χ1) is 24.5. The Morgan fingerprint density at radius 1 is 1.17 bits per heavy atom. The van der Waals surface area contributed by atoms with Gasteiger partial charge in [-0.25, -0.2) is 14.6 Å². The molecular weight excluding hydrogens is 742 g/mol. The number of nitrogen functional groups attached to an aromatic ring is 1. The number of nitrogens with zero attached hydrogens (tertiary/aromatic N) is 4. The number of β-lactam (4-membered cyclic amide) rings is 1. The number of aromatic hydroxyl groups is 2. The van der Waals surface area contributed by atoms with Crippen molar-refractivity contribution in [2.45, 2.75) is 50.1 Å². The van der Waals surface area contributed by atoms with Crippen LogP contribution >= 0.6 is 34.7 Å². The quantitative estimate of drug-likeness (QED) is 0.0532. The number of hydrogen-bond donors (Lipinski definition) is 7. The summed E-state index contributed by atoms with van der Waals surface area (Å²) < 4.78 is 0.649. The van der Waals surface area contributed by atoms with E-state index < -0.39 is 63.9 Å². The zero-order valence-electron chi connectivity index (χ0n) is 28.0. The summed E-state index contributed by atoms with van der Waals surface area (Å²) in [6.45, 7) is 5.56. The number of aromatic nitrogens is 1. The number of rotatable bonds is 12. The smallest absolute Gasteiger partial charge is 0.352 e. The molecule has 2 bridgehead atoms. The van der Waals surface area contributed by atoms with E-state index in [9.17, 15) is 44.4 Å². The molecule has 3 amide bonds. The number of thioether (sulfide) groups is 1. The Balaban J connectivity index is 1.11. The number of fused-ring (bicyclic) bond motifs is 4. The third-order valence-electron chi connectivity index (χ3n) is 10.2. The van der Waals surface area contributed by atoms with Crippen LogP contribution in [0, 0.1) is 5.41 Å². The van der Waals surface area contributed by atoms with E-state index in [0.717, 1.165) is 50.2 Å². The lowest BCUT2D eigenvalue weighted by atomic mass is 9.70. The summed E-state index contributed by atoms with van der Waals surface area (Å²) in [5, 5.41) is 49.2. The molecule has 0 saturated carbocycles. The first-order valence-corrected chi connectivity index (χ1v) is 18.5. The van der Waals surface area contributed by atoms with Crippen molar-refractivity contribution in [1.82, 2.24) is 20.5 Å². The molecule has 4 fully saturated rings. The maximum absolute atomic E-state index is 13.5. The summed E-state index contributed by atoms with van der Waals surface area (Å²) in [4.78, 5) is 74.3. The Labute approximate surface area is 310 Å². The van der Waals surface area contributed by atoms with Crippen LogP contribution in [-0.2, 0) is 24.0 Å². The van der Waals surface area contributed by atoms with Crippen molar-refractivity contribution in [3.05, 3.63) is 45.1 Å². The number of carboxylic acids is 2. The molecule has 7 rings (SSSR count). The number of hydrogen-bond acceptors (Lipinski definition) is 13. The van der Waals surface area contributed by atoms with Gasteiger partial charge in [0.1, 0.15) is 29.4 Å². The van der Waals surface area contributed by atoms with Crippen molar-refractivity contribution in [3.8, 4) is 11.5 Å². The number of oxime groups is 1. The number of nitrogens with two attached hydrogens (primary N) is 1. The van der Waals surface area contributed by atoms with E-state index in [4.69, 9.17) is 22.2 Å². The highest BCUT2D eigenvalue weighted by atomic mass is 35.5. The molecule has 5 aliphatic rings. The number of quaternary nitrogens is 1. The van der Waals surface area contributed by atoms with Crippen LogP contribution in [0.15, 0.2) is 33.9 Å². The Kier molecular flexibility index (Phi) is 9.83. The second kappa shape index (κ2) is 13.8. The molecule has 2 atom stereocenters. The summed E-state index contributed by atoms with van der Waals surface area (Å²) in [5.74, 6) is -5.18. The monoisotopic (exact) mass is 778 g/mol. The standard InChI is InChI=1S/C32H36ClN7O10S2/c1-31(2,29(48)49)50-38-20(17-13-52-30(34)36-17)25(44)37-21-26(45)39-22(28(46)47)15(12-51-27(21)39)11-40-8-5-32(6-9-40,7-10-40)14-35-24(43)16-3-4-18(41)23(42)19(16)33/h3-4,13,21,27H,5-12,14H2,1-2H3,(H7-,34,35,36,37,38,41,42,43,44,46,47,48,49)/p+1/t21-,27-,32?,40?/m1/s1. The number of phenols is 2. The minimum atomic E-state index is -1.78. The molecule has 8 N–H and O–H groups in total. The molecule has 5 aliphatic heterocycles. The molecule has 0 aliphatic carbocycles. The Bertz CT molecular complexity index is 1910. The highest BCUT2D eigenvalue weighted by molar-refractivity contribution is 8.00. The molecular formula is C32H37ClN7O10S2+. The number of carboxylic acid groups (broad SMARTS) is 2. The summed E-state index contributed by atoms with van der Waals surface area (Å²) in [7, 11) is 0. The van der Waals surface area contributed by atoms with Crippen LogP contribution in [0.2, 0.25) is 5.02 Å². The molecule has 2 aromatic rings. The fraction of sp³-hybridized carbons (Fsp3) is 0.469. The number of carbonyl (C=O) groups excluding carboxylic acids is 3. The zero-order valence-corrected chi connectivity index (χ0v) is 30.4. The maximum atomic E-state index is 13.5. The molecule has 0 unspecified atom stereocenters. The average molecular weight is 779 g/mol. The summed E-state index contributed by atoms with van der Waals surface area (Å²) >= 11 is 8.43. The summed E-state index contributed by atoms with van der Waals surface area (Å²) in [6, 6.07) is 1.46. The number of phenolic OH excluding ortho intramolecular Hbond substituents is 2. The first-order valence-electron chi connectivity index (χ1n) is 16.2. The first kappa shape index (κ1) is 37.2. The van der Waals surface area contributed by atoms with Crippen LogP contribution in [0.3, 0.4) is 0 Å². The number of amides is 3. The SMILES string of the molecule is CC(C)(O/N=C(\C(=O)N[C@@H]1C(=O)N2C(C(=O)O)=C(C[N+]34CCC(CNC(=O)c5ccc(O)c(O)c5Cl)(CC3)CC4)CS[C@H]12)c1csc(N)n1)C(=O)O. The van der Waals surface area contributed by atoms with Gasteiger partial charge in [0, 0.05) is 47.9 Å². The molecule has 278 valence electrons. The van der Waals surface area contributed by atoms with E-state index in [2.05, 4.69) is 20.8 Å². The molecule has 4 saturated heterocycles. The van der Waals surface area contributed by atoms with E-state index in [0.29, 0.717) is 28.9 Å². The number of aliphatic carboxylic acids is 2. The zero-order chi connectivity index (χ0) is 37.7. The van der Waals surface area contributed by atoms with Gasteiger partial charge in [0.25, 0.3) is 17.7 Å². The number of anilines is 1. The number of thiazole rings is 1. The van der Waals surface area contributed by atoms with Crippen molar-refractivity contribution >= 4 is 75.2 Å². The molecule has 20 heteroatoms. The van der Waals surface area contributed by atoms with Gasteiger partial charge < -0.3 is 46.1 Å². The van der Waals surface area contributed by atoms with Crippen LogP contribution in [0.5, 0.6) is 11.5 Å². The van der Waals surface area contributed by atoms with E-state index in [1.165, 1.54) is 48.0 Å². The summed E-state index contributed by atoms with van der Waals surface area (Å²) in [5.41, 5.74) is 4.00. The van der Waals surface area contributed by atoms with Crippen LogP contribution in [0.25, 0.3) is 0 Å². The molecule has 0 spiro atoms. The van der Waals surface area contributed by atoms with Crippen molar-refractivity contribution in [2.75, 3.05) is 44.2 Å². The molecule has 6 heterocycles. The second-order valence-corrected chi connectivity index (χ2v) is 16.3. The van der Waals surface area contributed by atoms with Crippen molar-refractivity contribution in [1.29, 1.82) is 0 Å². The van der Waals surface area contributed by atoms with Gasteiger partial charge in [-0.2, -0.15) is 0 Å². The summed E-state index contributed by atoms with van der Waals surface area (Å²) in [6.07, 6.45) is 2.35. The van der Waals surface area contributed by atoms with Gasteiger partial charge in [0.05, 0.1) is 30.2 Å². The fourth-order valence-corrected chi connectivity index (χ4v) is 9.08.